The average molecular weight is 392 g/mol. The lowest BCUT2D eigenvalue weighted by molar-refractivity contribution is 0.0824. The third-order valence-corrected chi connectivity index (χ3v) is 4.65. The molecule has 0 bridgehead atoms. The lowest BCUT2D eigenvalue weighted by Crippen LogP contribution is -2.24. The first-order valence-corrected chi connectivity index (χ1v) is 9.83. The number of ether oxygens (including phenoxy) is 3. The Morgan fingerprint density at radius 3 is 2.21 bits per heavy atom. The molecule has 0 saturated heterocycles. The van der Waals surface area contributed by atoms with E-state index in [1.807, 2.05) is 43.3 Å². The minimum Gasteiger partial charge on any atom is -0.508 e. The molecule has 3 aromatic carbocycles. The number of phenolic OH excluding ortho intramolecular Hbond substituents is 1. The maximum Gasteiger partial charge on any atom is 0.127 e. The van der Waals surface area contributed by atoms with E-state index in [4.69, 9.17) is 14.2 Å². The number of rotatable bonds is 9. The van der Waals surface area contributed by atoms with E-state index < -0.39 is 0 Å². The largest absolute Gasteiger partial charge is 0.508 e. The summed E-state index contributed by atoms with van der Waals surface area (Å²) in [6.45, 7) is 8.11. The van der Waals surface area contributed by atoms with Crippen LogP contribution in [-0.4, -0.2) is 18.3 Å². The molecule has 0 radical (unpaired) electrons. The number of aromatic hydroxyl groups is 1. The molecule has 3 aromatic rings. The van der Waals surface area contributed by atoms with Crippen molar-refractivity contribution in [2.75, 3.05) is 13.2 Å². The van der Waals surface area contributed by atoms with Gasteiger partial charge in [-0.2, -0.15) is 0 Å². The van der Waals surface area contributed by atoms with E-state index in [0.717, 1.165) is 17.1 Å². The topological polar surface area (TPSA) is 47.9 Å². The van der Waals surface area contributed by atoms with E-state index in [1.165, 1.54) is 5.56 Å². The van der Waals surface area contributed by atoms with Crippen LogP contribution in [0.3, 0.4) is 0 Å². The summed E-state index contributed by atoms with van der Waals surface area (Å²) in [5.74, 6) is 2.52. The van der Waals surface area contributed by atoms with Crippen molar-refractivity contribution in [3.05, 3.63) is 83.9 Å². The van der Waals surface area contributed by atoms with Gasteiger partial charge in [-0.1, -0.05) is 38.1 Å². The van der Waals surface area contributed by atoms with Gasteiger partial charge >= 0.3 is 0 Å². The van der Waals surface area contributed by atoms with E-state index in [-0.39, 0.29) is 11.2 Å². The number of benzene rings is 3. The molecule has 4 heteroatoms. The Kier molecular flexibility index (Phi) is 6.78. The van der Waals surface area contributed by atoms with Crippen molar-refractivity contribution in [3.63, 3.8) is 0 Å². The highest BCUT2D eigenvalue weighted by atomic mass is 16.5. The van der Waals surface area contributed by atoms with Crippen molar-refractivity contribution < 1.29 is 19.3 Å². The van der Waals surface area contributed by atoms with Crippen molar-refractivity contribution in [3.8, 4) is 23.0 Å². The van der Waals surface area contributed by atoms with Gasteiger partial charge in [0.25, 0.3) is 0 Å². The van der Waals surface area contributed by atoms with Gasteiger partial charge in [0.05, 0.1) is 19.8 Å². The monoisotopic (exact) mass is 392 g/mol. The zero-order valence-electron chi connectivity index (χ0n) is 17.2. The van der Waals surface area contributed by atoms with Gasteiger partial charge in [0.15, 0.2) is 0 Å². The van der Waals surface area contributed by atoms with E-state index in [1.54, 1.807) is 24.3 Å². The Morgan fingerprint density at radius 1 is 0.828 bits per heavy atom. The number of hydrogen-bond acceptors (Lipinski definition) is 4. The molecule has 29 heavy (non-hydrogen) atoms. The predicted molar refractivity (Wildman–Crippen MR) is 115 cm³/mol. The molecule has 0 amide bonds. The van der Waals surface area contributed by atoms with Crippen LogP contribution in [0, 0.1) is 0 Å². The Labute approximate surface area is 172 Å². The molecule has 0 aromatic heterocycles. The van der Waals surface area contributed by atoms with E-state index in [9.17, 15) is 5.11 Å². The van der Waals surface area contributed by atoms with Crippen LogP contribution in [0.2, 0.25) is 0 Å². The first-order valence-electron chi connectivity index (χ1n) is 9.83. The van der Waals surface area contributed by atoms with Gasteiger partial charge in [0.2, 0.25) is 0 Å². The lowest BCUT2D eigenvalue weighted by Gasteiger charge is -2.25. The fraction of sp³-hybridized carbons (Fsp3) is 0.280. The average Bonchev–Trinajstić information content (AvgIpc) is 2.71. The smallest absolute Gasteiger partial charge is 0.127 e. The SMILES string of the molecule is CCOc1ccc(C(C)(C)COCc2cccc(Oc3ccc(O)cc3)c2)cc1. The summed E-state index contributed by atoms with van der Waals surface area (Å²) in [6.07, 6.45) is 0. The Morgan fingerprint density at radius 2 is 1.52 bits per heavy atom. The molecule has 3 rings (SSSR count). The van der Waals surface area contributed by atoms with Crippen molar-refractivity contribution in [2.24, 2.45) is 0 Å². The fourth-order valence-electron chi connectivity index (χ4n) is 3.03. The molecule has 0 unspecified atom stereocenters. The van der Waals surface area contributed by atoms with E-state index in [2.05, 4.69) is 26.0 Å². The van der Waals surface area contributed by atoms with Crippen LogP contribution in [-0.2, 0) is 16.8 Å². The predicted octanol–water partition coefficient (Wildman–Crippen LogP) is 6.08. The molecule has 0 atom stereocenters. The number of hydrogen-bond donors (Lipinski definition) is 1. The van der Waals surface area contributed by atoms with Crippen molar-refractivity contribution in [1.82, 2.24) is 0 Å². The van der Waals surface area contributed by atoms with Crippen LogP contribution in [0.15, 0.2) is 72.8 Å². The molecule has 0 aliphatic rings. The molecule has 0 spiro atoms. The first-order chi connectivity index (χ1) is 14.0. The second kappa shape index (κ2) is 9.48. The Hall–Kier alpha value is -2.98. The summed E-state index contributed by atoms with van der Waals surface area (Å²) in [4.78, 5) is 0. The van der Waals surface area contributed by atoms with E-state index in [0.29, 0.717) is 25.6 Å². The van der Waals surface area contributed by atoms with Gasteiger partial charge in [-0.15, -0.1) is 0 Å². The Balaban J connectivity index is 1.56. The maximum absolute atomic E-state index is 9.37. The molecule has 0 saturated carbocycles. The molecule has 1 N–H and O–H groups in total. The molecule has 0 heterocycles. The molecule has 152 valence electrons. The molecular weight excluding hydrogens is 364 g/mol. The zero-order chi connectivity index (χ0) is 20.7. The summed E-state index contributed by atoms with van der Waals surface area (Å²) in [5, 5.41) is 9.37. The molecule has 0 aliphatic heterocycles. The summed E-state index contributed by atoms with van der Waals surface area (Å²) >= 11 is 0. The summed E-state index contributed by atoms with van der Waals surface area (Å²) in [5.41, 5.74) is 2.15. The summed E-state index contributed by atoms with van der Waals surface area (Å²) in [6, 6.07) is 22.7. The van der Waals surface area contributed by atoms with Crippen LogP contribution in [0.25, 0.3) is 0 Å². The summed E-state index contributed by atoms with van der Waals surface area (Å²) in [7, 11) is 0. The van der Waals surface area contributed by atoms with E-state index >= 15 is 0 Å². The molecule has 0 aliphatic carbocycles. The highest BCUT2D eigenvalue weighted by molar-refractivity contribution is 5.36. The zero-order valence-corrected chi connectivity index (χ0v) is 17.2. The van der Waals surface area contributed by atoms with Crippen molar-refractivity contribution in [1.29, 1.82) is 0 Å². The fourth-order valence-corrected chi connectivity index (χ4v) is 3.03. The van der Waals surface area contributed by atoms with Crippen LogP contribution in [0.1, 0.15) is 31.9 Å². The second-order valence-corrected chi connectivity index (χ2v) is 7.58. The van der Waals surface area contributed by atoms with Crippen LogP contribution < -0.4 is 9.47 Å². The standard InChI is InChI=1S/C25H28O4/c1-4-28-22-12-8-20(9-13-22)25(2,3)18-27-17-19-6-5-7-24(16-19)29-23-14-10-21(26)11-15-23/h5-16,26H,4,17-18H2,1-3H3. The van der Waals surface area contributed by atoms with Gasteiger partial charge < -0.3 is 19.3 Å². The summed E-state index contributed by atoms with van der Waals surface area (Å²) < 4.78 is 17.4. The van der Waals surface area contributed by atoms with Gasteiger partial charge in [0.1, 0.15) is 23.0 Å². The quantitative estimate of drug-likeness (QED) is 0.479. The van der Waals surface area contributed by atoms with Crippen LogP contribution in [0.4, 0.5) is 0 Å². The first kappa shape index (κ1) is 20.7. The van der Waals surface area contributed by atoms with Crippen LogP contribution in [0.5, 0.6) is 23.0 Å². The maximum atomic E-state index is 9.37. The lowest BCUT2D eigenvalue weighted by atomic mass is 9.85. The minimum atomic E-state index is -0.106. The normalized spacial score (nSPS) is 11.3. The molecular formula is C25H28O4. The van der Waals surface area contributed by atoms with Crippen molar-refractivity contribution >= 4 is 0 Å². The van der Waals surface area contributed by atoms with Gasteiger partial charge in [-0.25, -0.2) is 0 Å². The minimum absolute atomic E-state index is 0.106. The highest BCUT2D eigenvalue weighted by Gasteiger charge is 2.21. The molecule has 0 fully saturated rings. The molecule has 4 nitrogen and oxygen atoms in total. The third kappa shape index (κ3) is 6.00. The highest BCUT2D eigenvalue weighted by Crippen LogP contribution is 2.27. The van der Waals surface area contributed by atoms with Gasteiger partial charge in [0, 0.05) is 5.41 Å². The Bertz CT molecular complexity index is 899. The second-order valence-electron chi connectivity index (χ2n) is 7.58. The van der Waals surface area contributed by atoms with Gasteiger partial charge in [-0.05, 0) is 66.6 Å². The third-order valence-electron chi connectivity index (χ3n) is 4.65. The van der Waals surface area contributed by atoms with Crippen molar-refractivity contribution in [2.45, 2.75) is 32.8 Å². The van der Waals surface area contributed by atoms with Gasteiger partial charge in [-0.3, -0.25) is 0 Å². The number of phenols is 1. The van der Waals surface area contributed by atoms with Crippen LogP contribution >= 0.6 is 0 Å².